The van der Waals surface area contributed by atoms with E-state index < -0.39 is 18.0 Å². The van der Waals surface area contributed by atoms with Gasteiger partial charge in [-0.1, -0.05) is 48.5 Å². The molecule has 0 saturated carbocycles. The summed E-state index contributed by atoms with van der Waals surface area (Å²) < 4.78 is 10.3. The first-order valence-electron chi connectivity index (χ1n) is 6.84. The smallest absolute Gasteiger partial charge is 0.344 e. The van der Waals surface area contributed by atoms with Crippen molar-refractivity contribution in [3.63, 3.8) is 0 Å². The number of carbonyl (C=O) groups is 2. The van der Waals surface area contributed by atoms with Gasteiger partial charge in [0.1, 0.15) is 5.75 Å². The van der Waals surface area contributed by atoms with Crippen LogP contribution in [0.5, 0.6) is 5.75 Å². The van der Waals surface area contributed by atoms with Gasteiger partial charge in [0.15, 0.2) is 12.7 Å². The van der Waals surface area contributed by atoms with Gasteiger partial charge in [-0.25, -0.2) is 4.79 Å². The van der Waals surface area contributed by atoms with Gasteiger partial charge in [-0.3, -0.25) is 4.79 Å². The first-order valence-corrected chi connectivity index (χ1v) is 6.84. The Hall–Kier alpha value is -2.82. The van der Waals surface area contributed by atoms with Gasteiger partial charge in [-0.15, -0.1) is 0 Å². The molecule has 22 heavy (non-hydrogen) atoms. The third-order valence-electron chi connectivity index (χ3n) is 3.03. The minimum Gasteiger partial charge on any atom is -0.481 e. The summed E-state index contributed by atoms with van der Waals surface area (Å²) in [4.78, 5) is 22.5. The van der Waals surface area contributed by atoms with E-state index >= 15 is 0 Å². The summed E-state index contributed by atoms with van der Waals surface area (Å²) in [7, 11) is 0. The molecule has 2 rings (SSSR count). The van der Waals surface area contributed by atoms with Gasteiger partial charge in [0.05, 0.1) is 0 Å². The van der Waals surface area contributed by atoms with Crippen LogP contribution in [0.1, 0.15) is 6.92 Å². The lowest BCUT2D eigenvalue weighted by Gasteiger charge is -2.13. The van der Waals surface area contributed by atoms with E-state index in [2.05, 4.69) is 0 Å². The molecule has 2 aromatic carbocycles. The molecule has 0 heterocycles. The maximum absolute atomic E-state index is 11.6. The lowest BCUT2D eigenvalue weighted by Crippen LogP contribution is -2.32. The fourth-order valence-electron chi connectivity index (χ4n) is 1.87. The molecular formula is C17H17NO4. The lowest BCUT2D eigenvalue weighted by molar-refractivity contribution is -0.155. The van der Waals surface area contributed by atoms with Crippen molar-refractivity contribution in [2.24, 2.45) is 5.73 Å². The van der Waals surface area contributed by atoms with Crippen LogP contribution in [0.25, 0.3) is 11.1 Å². The van der Waals surface area contributed by atoms with Gasteiger partial charge < -0.3 is 15.2 Å². The predicted molar refractivity (Wildman–Crippen MR) is 82.1 cm³/mol. The predicted octanol–water partition coefficient (Wildman–Crippen LogP) is 2.15. The highest BCUT2D eigenvalue weighted by Crippen LogP contribution is 2.29. The van der Waals surface area contributed by atoms with Crippen LogP contribution in [0, 0.1) is 0 Å². The molecule has 0 aliphatic heterocycles. The molecule has 0 fully saturated rings. The van der Waals surface area contributed by atoms with Gasteiger partial charge in [-0.2, -0.15) is 0 Å². The average Bonchev–Trinajstić information content (AvgIpc) is 2.54. The van der Waals surface area contributed by atoms with Crippen LogP contribution >= 0.6 is 0 Å². The average molecular weight is 299 g/mol. The molecule has 2 aromatic rings. The van der Waals surface area contributed by atoms with Gasteiger partial charge in [0.25, 0.3) is 5.91 Å². The number of primary amides is 1. The number of nitrogens with two attached hydrogens (primary N) is 1. The van der Waals surface area contributed by atoms with Gasteiger partial charge >= 0.3 is 5.97 Å². The fraction of sp³-hybridized carbons (Fsp3) is 0.176. The Morgan fingerprint density at radius 1 is 1.05 bits per heavy atom. The molecule has 0 bridgehead atoms. The molecule has 0 aliphatic rings. The molecule has 0 unspecified atom stereocenters. The number of rotatable bonds is 6. The quantitative estimate of drug-likeness (QED) is 0.829. The zero-order valence-corrected chi connectivity index (χ0v) is 12.2. The number of ether oxygens (including phenoxy) is 2. The monoisotopic (exact) mass is 299 g/mol. The summed E-state index contributed by atoms with van der Waals surface area (Å²) in [5, 5.41) is 0. The van der Waals surface area contributed by atoms with Crippen LogP contribution in [-0.2, 0) is 14.3 Å². The standard InChI is InChI=1S/C17H17NO4/c1-12(17(18)20)22-16(19)11-21-15-10-6-5-9-14(15)13-7-3-2-4-8-13/h2-10,12H,11H2,1H3,(H2,18,20)/t12-/m1/s1. The van der Waals surface area contributed by atoms with Crippen LogP contribution in [-0.4, -0.2) is 24.6 Å². The fourth-order valence-corrected chi connectivity index (χ4v) is 1.87. The van der Waals surface area contributed by atoms with E-state index in [0.717, 1.165) is 11.1 Å². The molecule has 0 saturated heterocycles. The van der Waals surface area contributed by atoms with Crippen molar-refractivity contribution in [1.82, 2.24) is 0 Å². The normalized spacial score (nSPS) is 11.5. The summed E-state index contributed by atoms with van der Waals surface area (Å²) in [6.07, 6.45) is -0.972. The zero-order chi connectivity index (χ0) is 15.9. The van der Waals surface area contributed by atoms with Crippen molar-refractivity contribution >= 4 is 11.9 Å². The molecule has 114 valence electrons. The number of esters is 1. The molecule has 2 N–H and O–H groups in total. The SMILES string of the molecule is C[C@@H](OC(=O)COc1ccccc1-c1ccccc1)C(N)=O. The Morgan fingerprint density at radius 2 is 1.68 bits per heavy atom. The highest BCUT2D eigenvalue weighted by Gasteiger charge is 2.15. The van der Waals surface area contributed by atoms with Crippen molar-refractivity contribution in [3.8, 4) is 16.9 Å². The maximum Gasteiger partial charge on any atom is 0.344 e. The Balaban J connectivity index is 2.05. The number of benzene rings is 2. The van der Waals surface area contributed by atoms with E-state index in [9.17, 15) is 9.59 Å². The Morgan fingerprint density at radius 3 is 2.36 bits per heavy atom. The summed E-state index contributed by atoms with van der Waals surface area (Å²) >= 11 is 0. The van der Waals surface area contributed by atoms with Crippen molar-refractivity contribution in [1.29, 1.82) is 0 Å². The van der Waals surface area contributed by atoms with E-state index in [4.69, 9.17) is 15.2 Å². The molecule has 0 radical (unpaired) electrons. The second kappa shape index (κ2) is 7.26. The molecule has 0 aromatic heterocycles. The van der Waals surface area contributed by atoms with E-state index in [0.29, 0.717) is 5.75 Å². The van der Waals surface area contributed by atoms with Crippen LogP contribution < -0.4 is 10.5 Å². The topological polar surface area (TPSA) is 78.6 Å². The first-order chi connectivity index (χ1) is 10.6. The van der Waals surface area contributed by atoms with Crippen molar-refractivity contribution in [2.45, 2.75) is 13.0 Å². The molecule has 1 atom stereocenters. The summed E-state index contributed by atoms with van der Waals surface area (Å²) in [6.45, 7) is 1.12. The molecular weight excluding hydrogens is 282 g/mol. The van der Waals surface area contributed by atoms with Crippen molar-refractivity contribution < 1.29 is 19.1 Å². The Bertz CT molecular complexity index is 655. The van der Waals surface area contributed by atoms with Crippen molar-refractivity contribution in [3.05, 3.63) is 54.6 Å². The highest BCUT2D eigenvalue weighted by molar-refractivity contribution is 5.82. The third kappa shape index (κ3) is 4.09. The number of para-hydroxylation sites is 1. The number of amides is 1. The second-order valence-corrected chi connectivity index (χ2v) is 4.69. The van der Waals surface area contributed by atoms with E-state index in [-0.39, 0.29) is 6.61 Å². The summed E-state index contributed by atoms with van der Waals surface area (Å²) in [5.41, 5.74) is 6.89. The highest BCUT2D eigenvalue weighted by atomic mass is 16.6. The minimum absolute atomic E-state index is 0.290. The second-order valence-electron chi connectivity index (χ2n) is 4.69. The number of hydrogen-bond donors (Lipinski definition) is 1. The molecule has 5 heteroatoms. The van der Waals surface area contributed by atoms with Gasteiger partial charge in [0, 0.05) is 5.56 Å². The number of carbonyl (C=O) groups excluding carboxylic acids is 2. The molecule has 0 aliphatic carbocycles. The Labute approximate surface area is 128 Å². The lowest BCUT2D eigenvalue weighted by atomic mass is 10.1. The van der Waals surface area contributed by atoms with Gasteiger partial charge in [-0.05, 0) is 18.6 Å². The zero-order valence-electron chi connectivity index (χ0n) is 12.2. The Kier molecular flexibility index (Phi) is 5.14. The van der Waals surface area contributed by atoms with Crippen molar-refractivity contribution in [2.75, 3.05) is 6.61 Å². The van der Waals surface area contributed by atoms with Crippen LogP contribution in [0.4, 0.5) is 0 Å². The molecule has 1 amide bonds. The summed E-state index contributed by atoms with van der Waals surface area (Å²) in [6, 6.07) is 17.1. The van der Waals surface area contributed by atoms with E-state index in [1.807, 2.05) is 48.5 Å². The summed E-state index contributed by atoms with van der Waals surface area (Å²) in [5.74, 6) is -0.774. The molecule has 0 spiro atoms. The van der Waals surface area contributed by atoms with E-state index in [1.165, 1.54) is 6.92 Å². The third-order valence-corrected chi connectivity index (χ3v) is 3.03. The van der Waals surface area contributed by atoms with Gasteiger partial charge in [0.2, 0.25) is 0 Å². The minimum atomic E-state index is -0.972. The van der Waals surface area contributed by atoms with Crippen LogP contribution in [0.2, 0.25) is 0 Å². The maximum atomic E-state index is 11.6. The first kappa shape index (κ1) is 15.6. The number of hydrogen-bond acceptors (Lipinski definition) is 4. The largest absolute Gasteiger partial charge is 0.481 e. The molecule has 5 nitrogen and oxygen atoms in total. The van der Waals surface area contributed by atoms with Crippen LogP contribution in [0.3, 0.4) is 0 Å². The van der Waals surface area contributed by atoms with Crippen LogP contribution in [0.15, 0.2) is 54.6 Å². The van der Waals surface area contributed by atoms with E-state index in [1.54, 1.807) is 6.07 Å².